The standard InChI is InChI=1S/C22H15Cl2IN2O2/c23-15-5-1-13(2-6-15)12-27-20(14-3-7-16(24)8-4-14)21(28)26-19-10-9-17(25)11-18(19)22(27)29/h1-11,20H,12H2,(H,26,28)/t20-/m0/s1. The summed E-state index contributed by atoms with van der Waals surface area (Å²) in [6, 6.07) is 18.9. The van der Waals surface area contributed by atoms with E-state index in [1.807, 2.05) is 18.2 Å². The maximum Gasteiger partial charge on any atom is 0.257 e. The van der Waals surface area contributed by atoms with Crippen LogP contribution in [-0.4, -0.2) is 16.7 Å². The van der Waals surface area contributed by atoms with Crippen molar-refractivity contribution >= 4 is 63.3 Å². The second-order valence-electron chi connectivity index (χ2n) is 6.69. The summed E-state index contributed by atoms with van der Waals surface area (Å²) in [5.74, 6) is -0.485. The molecule has 3 aromatic carbocycles. The van der Waals surface area contributed by atoms with E-state index in [0.717, 1.165) is 9.13 Å². The Morgan fingerprint density at radius 1 is 0.897 bits per heavy atom. The molecular weight excluding hydrogens is 522 g/mol. The van der Waals surface area contributed by atoms with Crippen molar-refractivity contribution in [2.75, 3.05) is 5.32 Å². The number of amides is 2. The number of nitrogens with one attached hydrogen (secondary N) is 1. The van der Waals surface area contributed by atoms with Gasteiger partial charge < -0.3 is 10.2 Å². The summed E-state index contributed by atoms with van der Waals surface area (Å²) in [7, 11) is 0. The molecule has 0 aliphatic carbocycles. The molecule has 0 saturated heterocycles. The zero-order valence-corrected chi connectivity index (χ0v) is 18.7. The highest BCUT2D eigenvalue weighted by molar-refractivity contribution is 14.1. The maximum absolute atomic E-state index is 13.5. The summed E-state index contributed by atoms with van der Waals surface area (Å²) < 4.78 is 0.917. The quantitative estimate of drug-likeness (QED) is 0.421. The van der Waals surface area contributed by atoms with Crippen molar-refractivity contribution in [1.29, 1.82) is 0 Å². The van der Waals surface area contributed by atoms with Crippen molar-refractivity contribution in [1.82, 2.24) is 4.90 Å². The van der Waals surface area contributed by atoms with Crippen LogP contribution < -0.4 is 5.32 Å². The summed E-state index contributed by atoms with van der Waals surface area (Å²) in [5.41, 5.74) is 2.55. The van der Waals surface area contributed by atoms with E-state index in [-0.39, 0.29) is 18.4 Å². The smallest absolute Gasteiger partial charge is 0.257 e. The molecule has 1 aliphatic rings. The third kappa shape index (κ3) is 4.27. The summed E-state index contributed by atoms with van der Waals surface area (Å²) in [5, 5.41) is 4.09. The number of carbonyl (C=O) groups excluding carboxylic acids is 2. The van der Waals surface area contributed by atoms with Gasteiger partial charge in [0.2, 0.25) is 0 Å². The van der Waals surface area contributed by atoms with Crippen LogP contribution in [0.4, 0.5) is 5.69 Å². The molecule has 0 saturated carbocycles. The van der Waals surface area contributed by atoms with Crippen LogP contribution in [0, 0.1) is 3.57 Å². The average molecular weight is 537 g/mol. The minimum atomic E-state index is -0.791. The number of nitrogens with zero attached hydrogens (tertiary/aromatic N) is 1. The monoisotopic (exact) mass is 536 g/mol. The van der Waals surface area contributed by atoms with Gasteiger partial charge in [0.1, 0.15) is 6.04 Å². The molecule has 1 heterocycles. The molecule has 0 spiro atoms. The summed E-state index contributed by atoms with van der Waals surface area (Å²) in [6.07, 6.45) is 0. The Bertz CT molecular complexity index is 1080. The SMILES string of the molecule is O=C1Nc2ccc(I)cc2C(=O)N(Cc2ccc(Cl)cc2)[C@H]1c1ccc(Cl)cc1. The van der Waals surface area contributed by atoms with E-state index in [9.17, 15) is 9.59 Å². The summed E-state index contributed by atoms with van der Waals surface area (Å²) in [6.45, 7) is 0.266. The van der Waals surface area contributed by atoms with Crippen molar-refractivity contribution in [3.8, 4) is 0 Å². The second kappa shape index (κ2) is 8.34. The number of hydrogen-bond donors (Lipinski definition) is 1. The fraction of sp³-hybridized carbons (Fsp3) is 0.0909. The van der Waals surface area contributed by atoms with Gasteiger partial charge in [-0.05, 0) is 76.2 Å². The first-order chi connectivity index (χ1) is 13.9. The summed E-state index contributed by atoms with van der Waals surface area (Å²) >= 11 is 14.2. The molecule has 0 aromatic heterocycles. The predicted molar refractivity (Wildman–Crippen MR) is 123 cm³/mol. The molecule has 3 aromatic rings. The molecule has 1 atom stereocenters. The van der Waals surface area contributed by atoms with Gasteiger partial charge in [-0.2, -0.15) is 0 Å². The van der Waals surface area contributed by atoms with Gasteiger partial charge in [0.15, 0.2) is 0 Å². The minimum absolute atomic E-state index is 0.216. The van der Waals surface area contributed by atoms with Gasteiger partial charge in [-0.3, -0.25) is 9.59 Å². The Hall–Kier alpha value is -2.09. The minimum Gasteiger partial charge on any atom is -0.323 e. The topological polar surface area (TPSA) is 49.4 Å². The molecular formula is C22H15Cl2IN2O2. The van der Waals surface area contributed by atoms with Gasteiger partial charge in [0.25, 0.3) is 11.8 Å². The molecule has 0 radical (unpaired) electrons. The van der Waals surface area contributed by atoms with E-state index in [4.69, 9.17) is 23.2 Å². The maximum atomic E-state index is 13.5. The molecule has 1 N–H and O–H groups in total. The first-order valence-electron chi connectivity index (χ1n) is 8.83. The van der Waals surface area contributed by atoms with Gasteiger partial charge in [-0.15, -0.1) is 0 Å². The number of benzene rings is 3. The highest BCUT2D eigenvalue weighted by atomic mass is 127. The van der Waals surface area contributed by atoms with Gasteiger partial charge in [0.05, 0.1) is 11.3 Å². The van der Waals surface area contributed by atoms with Crippen LogP contribution in [0.5, 0.6) is 0 Å². The van der Waals surface area contributed by atoms with E-state index in [1.54, 1.807) is 53.4 Å². The number of carbonyl (C=O) groups is 2. The lowest BCUT2D eigenvalue weighted by molar-refractivity contribution is -0.120. The normalized spacial score (nSPS) is 16.2. The fourth-order valence-corrected chi connectivity index (χ4v) is 4.09. The van der Waals surface area contributed by atoms with Crippen molar-refractivity contribution in [2.24, 2.45) is 0 Å². The van der Waals surface area contributed by atoms with Crippen LogP contribution in [-0.2, 0) is 11.3 Å². The van der Waals surface area contributed by atoms with E-state index < -0.39 is 6.04 Å². The van der Waals surface area contributed by atoms with Crippen LogP contribution in [0.2, 0.25) is 10.0 Å². The van der Waals surface area contributed by atoms with E-state index in [1.165, 1.54) is 0 Å². The van der Waals surface area contributed by atoms with E-state index >= 15 is 0 Å². The van der Waals surface area contributed by atoms with Crippen LogP contribution in [0.1, 0.15) is 27.5 Å². The largest absolute Gasteiger partial charge is 0.323 e. The first-order valence-corrected chi connectivity index (χ1v) is 10.7. The number of rotatable bonds is 3. The molecule has 146 valence electrons. The molecule has 0 fully saturated rings. The average Bonchev–Trinajstić information content (AvgIpc) is 2.80. The lowest BCUT2D eigenvalue weighted by atomic mass is 10.0. The Morgan fingerprint density at radius 3 is 2.17 bits per heavy atom. The zero-order chi connectivity index (χ0) is 20.5. The third-order valence-electron chi connectivity index (χ3n) is 4.74. The molecule has 0 bridgehead atoms. The highest BCUT2D eigenvalue weighted by Crippen LogP contribution is 2.33. The number of hydrogen-bond acceptors (Lipinski definition) is 2. The van der Waals surface area contributed by atoms with Crippen LogP contribution in [0.3, 0.4) is 0 Å². The molecule has 29 heavy (non-hydrogen) atoms. The number of fused-ring (bicyclic) bond motifs is 1. The number of halogens is 3. The first kappa shape index (κ1) is 20.2. The zero-order valence-electron chi connectivity index (χ0n) is 15.0. The van der Waals surface area contributed by atoms with Crippen molar-refractivity contribution < 1.29 is 9.59 Å². The third-order valence-corrected chi connectivity index (χ3v) is 5.92. The molecule has 0 unspecified atom stereocenters. The molecule has 1 aliphatic heterocycles. The van der Waals surface area contributed by atoms with Gasteiger partial charge in [0, 0.05) is 20.2 Å². The van der Waals surface area contributed by atoms with Crippen LogP contribution >= 0.6 is 45.8 Å². The van der Waals surface area contributed by atoms with Gasteiger partial charge in [-0.25, -0.2) is 0 Å². The van der Waals surface area contributed by atoms with Gasteiger partial charge in [-0.1, -0.05) is 47.5 Å². The van der Waals surface area contributed by atoms with Gasteiger partial charge >= 0.3 is 0 Å². The summed E-state index contributed by atoms with van der Waals surface area (Å²) in [4.78, 5) is 28.3. The number of anilines is 1. The molecule has 7 heteroatoms. The Morgan fingerprint density at radius 2 is 1.52 bits per heavy atom. The second-order valence-corrected chi connectivity index (χ2v) is 8.81. The van der Waals surface area contributed by atoms with Crippen molar-refractivity contribution in [2.45, 2.75) is 12.6 Å². The lowest BCUT2D eigenvalue weighted by Gasteiger charge is -2.29. The fourth-order valence-electron chi connectivity index (χ4n) is 3.34. The van der Waals surface area contributed by atoms with Crippen molar-refractivity contribution in [3.05, 3.63) is 97.0 Å². The van der Waals surface area contributed by atoms with E-state index in [0.29, 0.717) is 26.9 Å². The van der Waals surface area contributed by atoms with Crippen LogP contribution in [0.25, 0.3) is 0 Å². The predicted octanol–water partition coefficient (Wildman–Crippen LogP) is 5.93. The molecule has 2 amide bonds. The highest BCUT2D eigenvalue weighted by Gasteiger charge is 2.36. The Labute approximate surface area is 192 Å². The Balaban J connectivity index is 1.82. The molecule has 4 rings (SSSR count). The van der Waals surface area contributed by atoms with Crippen LogP contribution in [0.15, 0.2) is 66.7 Å². The Kier molecular flexibility index (Phi) is 5.81. The van der Waals surface area contributed by atoms with E-state index in [2.05, 4.69) is 27.9 Å². The lowest BCUT2D eigenvalue weighted by Crippen LogP contribution is -2.38. The van der Waals surface area contributed by atoms with Crippen molar-refractivity contribution in [3.63, 3.8) is 0 Å². The molecule has 4 nitrogen and oxygen atoms in total.